The molecule has 1 aliphatic rings. The number of pyridine rings is 1. The van der Waals surface area contributed by atoms with Gasteiger partial charge < -0.3 is 9.88 Å². The molecule has 0 unspecified atom stereocenters. The van der Waals surface area contributed by atoms with Gasteiger partial charge in [0.15, 0.2) is 0 Å². The normalized spacial score (nSPS) is 16.2. The molecule has 4 nitrogen and oxygen atoms in total. The molecule has 7 heteroatoms. The van der Waals surface area contributed by atoms with Gasteiger partial charge in [0.05, 0.1) is 5.56 Å². The summed E-state index contributed by atoms with van der Waals surface area (Å²) in [6.45, 7) is 6.16. The molecule has 0 atom stereocenters. The Morgan fingerprint density at radius 2 is 1.78 bits per heavy atom. The summed E-state index contributed by atoms with van der Waals surface area (Å²) in [6, 6.07) is 10.9. The molecule has 1 N–H and O–H groups in total. The molecular formula is C20H21F3N4. The van der Waals surface area contributed by atoms with Gasteiger partial charge in [-0.15, -0.1) is 0 Å². The fourth-order valence-electron chi connectivity index (χ4n) is 3.64. The molecule has 1 aliphatic heterocycles. The third kappa shape index (κ3) is 3.64. The zero-order valence-corrected chi connectivity index (χ0v) is 15.1. The maximum atomic E-state index is 12.7. The molecule has 1 saturated heterocycles. The Hall–Kier alpha value is -2.54. The molecule has 0 aliphatic carbocycles. The highest BCUT2D eigenvalue weighted by molar-refractivity contribution is 5.84. The third-order valence-electron chi connectivity index (χ3n) is 5.18. The standard InChI is InChI=1S/C20H21F3N4/c1-14-17(16-4-2-3-5-18(16)25-14)13-26-8-10-27(11-9-26)19-7-6-15(12-24-19)20(21,22)23/h2-7,12,25H,8-11,13H2,1H3. The minimum atomic E-state index is -4.35. The number of nitrogens with one attached hydrogen (secondary N) is 1. The molecule has 0 radical (unpaired) electrons. The summed E-state index contributed by atoms with van der Waals surface area (Å²) in [5, 5.41) is 1.25. The highest BCUT2D eigenvalue weighted by Gasteiger charge is 2.31. The average Bonchev–Trinajstić information content (AvgIpc) is 2.97. The van der Waals surface area contributed by atoms with E-state index in [0.29, 0.717) is 5.82 Å². The molecule has 1 fully saturated rings. The van der Waals surface area contributed by atoms with Gasteiger partial charge in [0.25, 0.3) is 0 Å². The van der Waals surface area contributed by atoms with Crippen LogP contribution in [0, 0.1) is 6.92 Å². The fraction of sp³-hybridized carbons (Fsp3) is 0.350. The number of aryl methyl sites for hydroxylation is 1. The van der Waals surface area contributed by atoms with Crippen molar-refractivity contribution in [1.29, 1.82) is 0 Å². The zero-order chi connectivity index (χ0) is 19.0. The number of aromatic nitrogens is 2. The number of aromatic amines is 1. The van der Waals surface area contributed by atoms with Crippen molar-refractivity contribution in [2.75, 3.05) is 31.1 Å². The van der Waals surface area contributed by atoms with Gasteiger partial charge in [-0.2, -0.15) is 13.2 Å². The van der Waals surface area contributed by atoms with Crippen molar-refractivity contribution in [3.63, 3.8) is 0 Å². The van der Waals surface area contributed by atoms with E-state index in [9.17, 15) is 13.2 Å². The van der Waals surface area contributed by atoms with Gasteiger partial charge in [-0.25, -0.2) is 4.98 Å². The van der Waals surface area contributed by atoms with Crippen LogP contribution in [0.5, 0.6) is 0 Å². The van der Waals surface area contributed by atoms with Crippen molar-refractivity contribution in [2.45, 2.75) is 19.6 Å². The van der Waals surface area contributed by atoms with Crippen LogP contribution in [-0.4, -0.2) is 41.0 Å². The van der Waals surface area contributed by atoms with Crippen LogP contribution in [-0.2, 0) is 12.7 Å². The van der Waals surface area contributed by atoms with Gasteiger partial charge >= 0.3 is 6.18 Å². The Morgan fingerprint density at radius 3 is 2.44 bits per heavy atom. The maximum absolute atomic E-state index is 12.7. The lowest BCUT2D eigenvalue weighted by Crippen LogP contribution is -2.46. The van der Waals surface area contributed by atoms with Gasteiger partial charge in [0.1, 0.15) is 5.82 Å². The molecule has 3 heterocycles. The van der Waals surface area contributed by atoms with Crippen molar-refractivity contribution in [3.05, 3.63) is 59.4 Å². The molecule has 3 aromatic rings. The van der Waals surface area contributed by atoms with Crippen molar-refractivity contribution in [3.8, 4) is 0 Å². The largest absolute Gasteiger partial charge is 0.417 e. The number of benzene rings is 1. The molecule has 27 heavy (non-hydrogen) atoms. The molecule has 4 rings (SSSR count). The Balaban J connectivity index is 1.41. The first-order valence-electron chi connectivity index (χ1n) is 8.98. The second-order valence-corrected chi connectivity index (χ2v) is 6.94. The van der Waals surface area contributed by atoms with Crippen molar-refractivity contribution < 1.29 is 13.2 Å². The number of alkyl halides is 3. The zero-order valence-electron chi connectivity index (χ0n) is 15.1. The highest BCUT2D eigenvalue weighted by Crippen LogP contribution is 2.29. The second kappa shape index (κ2) is 6.88. The van der Waals surface area contributed by atoms with Crippen molar-refractivity contribution in [1.82, 2.24) is 14.9 Å². The van der Waals surface area contributed by atoms with Crippen molar-refractivity contribution in [2.24, 2.45) is 0 Å². The average molecular weight is 374 g/mol. The van der Waals surface area contributed by atoms with E-state index < -0.39 is 11.7 Å². The number of anilines is 1. The SMILES string of the molecule is Cc1[nH]c2ccccc2c1CN1CCN(c2ccc(C(F)(F)F)cn2)CC1. The van der Waals surface area contributed by atoms with Gasteiger partial charge in [-0.1, -0.05) is 18.2 Å². The van der Waals surface area contributed by atoms with E-state index in [-0.39, 0.29) is 0 Å². The first-order chi connectivity index (χ1) is 12.9. The second-order valence-electron chi connectivity index (χ2n) is 6.94. The molecule has 142 valence electrons. The first-order valence-corrected chi connectivity index (χ1v) is 8.98. The van der Waals surface area contributed by atoms with E-state index >= 15 is 0 Å². The molecule has 0 saturated carbocycles. The number of hydrogen-bond acceptors (Lipinski definition) is 3. The van der Waals surface area contributed by atoms with E-state index in [4.69, 9.17) is 0 Å². The predicted octanol–water partition coefficient (Wildman–Crippen LogP) is 4.21. The van der Waals surface area contributed by atoms with Crippen molar-refractivity contribution >= 4 is 16.7 Å². The monoisotopic (exact) mass is 374 g/mol. The van der Waals surface area contributed by atoms with Gasteiger partial charge in [0, 0.05) is 55.5 Å². The van der Waals surface area contributed by atoms with Gasteiger partial charge in [-0.05, 0) is 30.7 Å². The molecular weight excluding hydrogens is 353 g/mol. The number of hydrogen-bond donors (Lipinski definition) is 1. The molecule has 0 amide bonds. The number of para-hydroxylation sites is 1. The van der Waals surface area contributed by atoms with Crippen LogP contribution in [0.1, 0.15) is 16.8 Å². The Labute approximate surface area is 155 Å². The lowest BCUT2D eigenvalue weighted by atomic mass is 10.1. The van der Waals surface area contributed by atoms with Crippen LogP contribution in [0.4, 0.5) is 19.0 Å². The lowest BCUT2D eigenvalue weighted by molar-refractivity contribution is -0.137. The van der Waals surface area contributed by atoms with Crippen LogP contribution >= 0.6 is 0 Å². The van der Waals surface area contributed by atoms with Gasteiger partial charge in [0.2, 0.25) is 0 Å². The number of piperazine rings is 1. The van der Waals surface area contributed by atoms with Crippen LogP contribution in [0.3, 0.4) is 0 Å². The summed E-state index contributed by atoms with van der Waals surface area (Å²) < 4.78 is 38.0. The van der Waals surface area contributed by atoms with E-state index in [1.165, 1.54) is 22.7 Å². The van der Waals surface area contributed by atoms with Crippen LogP contribution in [0.25, 0.3) is 10.9 Å². The minimum Gasteiger partial charge on any atom is -0.358 e. The number of rotatable bonds is 3. The molecule has 1 aromatic carbocycles. The first kappa shape index (κ1) is 17.9. The minimum absolute atomic E-state index is 0.603. The van der Waals surface area contributed by atoms with E-state index in [2.05, 4.69) is 33.9 Å². The van der Waals surface area contributed by atoms with Crippen LogP contribution in [0.2, 0.25) is 0 Å². The number of H-pyrrole nitrogens is 1. The fourth-order valence-corrected chi connectivity index (χ4v) is 3.64. The quantitative estimate of drug-likeness (QED) is 0.746. The summed E-state index contributed by atoms with van der Waals surface area (Å²) in [5.74, 6) is 0.603. The number of nitrogens with zero attached hydrogens (tertiary/aromatic N) is 3. The van der Waals surface area contributed by atoms with Gasteiger partial charge in [-0.3, -0.25) is 4.90 Å². The maximum Gasteiger partial charge on any atom is 0.417 e. The lowest BCUT2D eigenvalue weighted by Gasteiger charge is -2.35. The molecule has 0 bridgehead atoms. The third-order valence-corrected chi connectivity index (χ3v) is 5.18. The smallest absolute Gasteiger partial charge is 0.358 e. The topological polar surface area (TPSA) is 35.2 Å². The Bertz CT molecular complexity index is 923. The van der Waals surface area contributed by atoms with E-state index in [1.54, 1.807) is 0 Å². The Morgan fingerprint density at radius 1 is 1.04 bits per heavy atom. The summed E-state index contributed by atoms with van der Waals surface area (Å²) >= 11 is 0. The summed E-state index contributed by atoms with van der Waals surface area (Å²) in [6.07, 6.45) is -3.43. The summed E-state index contributed by atoms with van der Waals surface area (Å²) in [5.41, 5.74) is 2.94. The Kier molecular flexibility index (Phi) is 4.55. The molecule has 2 aromatic heterocycles. The number of halogens is 3. The van der Waals surface area contributed by atoms with Crippen LogP contribution in [0.15, 0.2) is 42.6 Å². The highest BCUT2D eigenvalue weighted by atomic mass is 19.4. The van der Waals surface area contributed by atoms with Crippen LogP contribution < -0.4 is 4.90 Å². The summed E-state index contributed by atoms with van der Waals surface area (Å²) in [4.78, 5) is 11.9. The molecule has 0 spiro atoms. The predicted molar refractivity (Wildman–Crippen MR) is 99.8 cm³/mol. The number of fused-ring (bicyclic) bond motifs is 1. The van der Waals surface area contributed by atoms with E-state index in [1.807, 2.05) is 17.0 Å². The summed E-state index contributed by atoms with van der Waals surface area (Å²) in [7, 11) is 0. The van der Waals surface area contributed by atoms with E-state index in [0.717, 1.165) is 50.5 Å².